The largest absolute Gasteiger partial charge is 0.284 e. The molecule has 1 heterocycles. The molecule has 1 unspecified atom stereocenters. The predicted octanol–water partition coefficient (Wildman–Crippen LogP) is -0.124. The maximum atomic E-state index is 10.8. The Hall–Kier alpha value is -0.880. The van der Waals surface area contributed by atoms with Crippen molar-refractivity contribution in [1.29, 1.82) is 0 Å². The molecule has 0 aromatic carbocycles. The summed E-state index contributed by atoms with van der Waals surface area (Å²) in [5, 5.41) is 0. The molecular formula is C7H13N2O3S+. The molecule has 1 aromatic heterocycles. The van der Waals surface area contributed by atoms with Crippen molar-refractivity contribution < 1.29 is 17.2 Å². The van der Waals surface area contributed by atoms with Gasteiger partial charge >= 0.3 is 0 Å². The van der Waals surface area contributed by atoms with E-state index in [2.05, 4.69) is 4.98 Å². The Bertz CT molecular complexity index is 382. The third-order valence-corrected chi connectivity index (χ3v) is 2.25. The molecule has 0 saturated carbocycles. The zero-order valence-electron chi connectivity index (χ0n) is 7.81. The van der Waals surface area contributed by atoms with E-state index in [4.69, 9.17) is 4.18 Å². The van der Waals surface area contributed by atoms with E-state index in [1.165, 1.54) is 0 Å². The number of imidazole rings is 1. The van der Waals surface area contributed by atoms with Crippen molar-refractivity contribution in [3.05, 3.63) is 18.2 Å². The Labute approximate surface area is 77.5 Å². The number of aromatic amines is 1. The van der Waals surface area contributed by atoms with Gasteiger partial charge in [-0.3, -0.25) is 4.18 Å². The zero-order valence-corrected chi connectivity index (χ0v) is 8.63. The van der Waals surface area contributed by atoms with Crippen LogP contribution in [0.4, 0.5) is 0 Å². The van der Waals surface area contributed by atoms with Crippen molar-refractivity contribution in [3.63, 3.8) is 0 Å². The van der Waals surface area contributed by atoms with Crippen molar-refractivity contribution in [2.24, 2.45) is 7.05 Å². The van der Waals surface area contributed by atoms with E-state index in [9.17, 15) is 8.42 Å². The van der Waals surface area contributed by atoms with E-state index < -0.39 is 16.2 Å². The summed E-state index contributed by atoms with van der Waals surface area (Å²) >= 11 is 0. The monoisotopic (exact) mass is 205 g/mol. The topological polar surface area (TPSA) is 63.0 Å². The van der Waals surface area contributed by atoms with E-state index in [1.54, 1.807) is 23.9 Å². The maximum Gasteiger partial charge on any atom is 0.284 e. The van der Waals surface area contributed by atoms with Gasteiger partial charge in [-0.25, -0.2) is 9.55 Å². The molecule has 0 aliphatic rings. The first-order valence-electron chi connectivity index (χ1n) is 3.81. The number of rotatable bonds is 3. The molecule has 0 fully saturated rings. The van der Waals surface area contributed by atoms with Crippen molar-refractivity contribution in [3.8, 4) is 0 Å². The predicted molar refractivity (Wildman–Crippen MR) is 46.3 cm³/mol. The quantitative estimate of drug-likeness (QED) is 0.552. The molecule has 0 aliphatic carbocycles. The van der Waals surface area contributed by atoms with Crippen LogP contribution >= 0.6 is 0 Å². The van der Waals surface area contributed by atoms with Crippen molar-refractivity contribution in [1.82, 2.24) is 4.98 Å². The van der Waals surface area contributed by atoms with Crippen LogP contribution in [0.15, 0.2) is 12.4 Å². The molecule has 0 amide bonds. The zero-order chi connectivity index (χ0) is 10.1. The highest BCUT2D eigenvalue weighted by Gasteiger charge is 2.21. The van der Waals surface area contributed by atoms with E-state index in [-0.39, 0.29) is 0 Å². The van der Waals surface area contributed by atoms with Crippen molar-refractivity contribution >= 4 is 10.1 Å². The summed E-state index contributed by atoms with van der Waals surface area (Å²) < 4.78 is 28.2. The first kappa shape index (κ1) is 10.2. The standard InChI is InChI=1S/C7H12N2O3S/c1-6(12-13(3,10)11)7-8-4-5-9(7)2/h4-6H,1-3H3/p+1. The first-order chi connectivity index (χ1) is 5.90. The average molecular weight is 205 g/mol. The summed E-state index contributed by atoms with van der Waals surface area (Å²) in [4.78, 5) is 2.90. The Kier molecular flexibility index (Phi) is 2.72. The molecule has 74 valence electrons. The highest BCUT2D eigenvalue weighted by atomic mass is 32.2. The fraction of sp³-hybridized carbons (Fsp3) is 0.571. The molecule has 0 radical (unpaired) electrons. The van der Waals surface area contributed by atoms with Crippen molar-refractivity contribution in [2.45, 2.75) is 13.0 Å². The second kappa shape index (κ2) is 3.47. The van der Waals surface area contributed by atoms with Crippen LogP contribution in [0.2, 0.25) is 0 Å². The molecule has 5 nitrogen and oxygen atoms in total. The summed E-state index contributed by atoms with van der Waals surface area (Å²) in [7, 11) is -1.59. The van der Waals surface area contributed by atoms with Crippen LogP contribution in [0.5, 0.6) is 0 Å². The fourth-order valence-electron chi connectivity index (χ4n) is 1.13. The number of nitrogens with one attached hydrogen (secondary N) is 1. The normalized spacial score (nSPS) is 14.4. The molecule has 13 heavy (non-hydrogen) atoms. The number of nitrogens with zero attached hydrogens (tertiary/aromatic N) is 1. The van der Waals surface area contributed by atoms with Crippen LogP contribution in [-0.4, -0.2) is 19.7 Å². The van der Waals surface area contributed by atoms with E-state index in [1.807, 2.05) is 7.05 Å². The van der Waals surface area contributed by atoms with Gasteiger partial charge in [0.15, 0.2) is 6.10 Å². The van der Waals surface area contributed by atoms with Gasteiger partial charge in [0.25, 0.3) is 15.9 Å². The average Bonchev–Trinajstić information content (AvgIpc) is 2.30. The van der Waals surface area contributed by atoms with Gasteiger partial charge in [-0.1, -0.05) is 0 Å². The molecule has 6 heteroatoms. The Morgan fingerprint density at radius 1 is 1.62 bits per heavy atom. The molecule has 0 saturated heterocycles. The third-order valence-electron chi connectivity index (χ3n) is 1.61. The van der Waals surface area contributed by atoms with E-state index in [0.29, 0.717) is 5.82 Å². The molecule has 0 spiro atoms. The second-order valence-corrected chi connectivity index (χ2v) is 4.50. The summed E-state index contributed by atoms with van der Waals surface area (Å²) in [6.07, 6.45) is 4.05. The lowest BCUT2D eigenvalue weighted by atomic mass is 10.4. The lowest BCUT2D eigenvalue weighted by Gasteiger charge is -2.05. The van der Waals surface area contributed by atoms with Crippen LogP contribution in [0.1, 0.15) is 18.9 Å². The van der Waals surface area contributed by atoms with Crippen LogP contribution < -0.4 is 4.57 Å². The molecule has 1 rings (SSSR count). The van der Waals surface area contributed by atoms with Gasteiger partial charge in [-0.2, -0.15) is 8.42 Å². The number of H-pyrrole nitrogens is 1. The van der Waals surface area contributed by atoms with Gasteiger partial charge < -0.3 is 0 Å². The van der Waals surface area contributed by atoms with Gasteiger partial charge in [0.1, 0.15) is 12.4 Å². The van der Waals surface area contributed by atoms with Gasteiger partial charge in [0.05, 0.1) is 13.3 Å². The number of aromatic nitrogens is 2. The summed E-state index contributed by atoms with van der Waals surface area (Å²) in [5.74, 6) is 0.713. The van der Waals surface area contributed by atoms with Gasteiger partial charge in [0.2, 0.25) is 0 Å². The lowest BCUT2D eigenvalue weighted by molar-refractivity contribution is -0.681. The third kappa shape index (κ3) is 2.82. The molecule has 1 aromatic rings. The fourth-order valence-corrected chi connectivity index (χ4v) is 1.74. The van der Waals surface area contributed by atoms with Gasteiger partial charge in [-0.15, -0.1) is 0 Å². The van der Waals surface area contributed by atoms with Gasteiger partial charge in [0, 0.05) is 0 Å². The summed E-state index contributed by atoms with van der Waals surface area (Å²) in [5.41, 5.74) is 0. The molecule has 0 aliphatic heterocycles. The second-order valence-electron chi connectivity index (χ2n) is 2.90. The highest BCUT2D eigenvalue weighted by Crippen LogP contribution is 2.12. The molecule has 1 N–H and O–H groups in total. The number of hydrogen-bond donors (Lipinski definition) is 1. The SMILES string of the molecule is CC(OS(C)(=O)=O)c1[nH]cc[n+]1C. The minimum Gasteiger partial charge on any atom is -0.254 e. The minimum absolute atomic E-state index is 0.491. The van der Waals surface area contributed by atoms with E-state index in [0.717, 1.165) is 6.26 Å². The van der Waals surface area contributed by atoms with E-state index >= 15 is 0 Å². The molecular weight excluding hydrogens is 192 g/mol. The van der Waals surface area contributed by atoms with Gasteiger partial charge in [-0.05, 0) is 6.92 Å². The lowest BCUT2D eigenvalue weighted by Crippen LogP contribution is -2.32. The van der Waals surface area contributed by atoms with Crippen LogP contribution in [-0.2, 0) is 21.3 Å². The highest BCUT2D eigenvalue weighted by molar-refractivity contribution is 7.86. The number of hydrogen-bond acceptors (Lipinski definition) is 3. The smallest absolute Gasteiger partial charge is 0.254 e. The minimum atomic E-state index is -3.40. The maximum absolute atomic E-state index is 10.8. The van der Waals surface area contributed by atoms with Crippen molar-refractivity contribution in [2.75, 3.05) is 6.26 Å². The number of aryl methyl sites for hydroxylation is 1. The summed E-state index contributed by atoms with van der Waals surface area (Å²) in [6, 6.07) is 0. The molecule has 1 atom stereocenters. The van der Waals surface area contributed by atoms with Crippen LogP contribution in [0.3, 0.4) is 0 Å². The van der Waals surface area contributed by atoms with Crippen LogP contribution in [0, 0.1) is 0 Å². The Morgan fingerprint density at radius 2 is 2.23 bits per heavy atom. The van der Waals surface area contributed by atoms with Crippen LogP contribution in [0.25, 0.3) is 0 Å². The Balaban J connectivity index is 2.81. The Morgan fingerprint density at radius 3 is 2.62 bits per heavy atom. The first-order valence-corrected chi connectivity index (χ1v) is 5.63. The summed E-state index contributed by atoms with van der Waals surface area (Å²) in [6.45, 7) is 1.67. The molecule has 0 bridgehead atoms.